The number of piperazine rings is 1. The molecule has 3 heterocycles. The average Bonchev–Trinajstić information content (AvgIpc) is 2.99. The summed E-state index contributed by atoms with van der Waals surface area (Å²) in [7, 11) is 2.19. The average molecular weight is 317 g/mol. The number of rotatable bonds is 1. The van der Waals surface area contributed by atoms with Crippen molar-refractivity contribution in [3.63, 3.8) is 0 Å². The summed E-state index contributed by atoms with van der Waals surface area (Å²) in [6.07, 6.45) is 2.28. The quantitative estimate of drug-likeness (QED) is 0.791. The topological polar surface area (TPSA) is 26.8 Å². The number of fused-ring (bicyclic) bond motifs is 2. The summed E-state index contributed by atoms with van der Waals surface area (Å²) in [4.78, 5) is 21.2. The van der Waals surface area contributed by atoms with Gasteiger partial charge in [-0.2, -0.15) is 0 Å². The van der Waals surface area contributed by atoms with Crippen LogP contribution in [0.2, 0.25) is 0 Å². The van der Waals surface area contributed by atoms with Crippen molar-refractivity contribution in [3.05, 3.63) is 29.8 Å². The Morgan fingerprint density at radius 3 is 2.68 bits per heavy atom. The Morgan fingerprint density at radius 2 is 1.86 bits per heavy atom. The van der Waals surface area contributed by atoms with Crippen molar-refractivity contribution >= 4 is 17.7 Å². The van der Waals surface area contributed by atoms with Gasteiger partial charge in [-0.1, -0.05) is 12.1 Å². The van der Waals surface area contributed by atoms with Gasteiger partial charge in [0, 0.05) is 37.6 Å². The molecule has 2 fully saturated rings. The number of hydrogen-bond acceptors (Lipinski definition) is 4. The van der Waals surface area contributed by atoms with Crippen molar-refractivity contribution in [2.45, 2.75) is 29.2 Å². The molecule has 0 saturated carbocycles. The Labute approximate surface area is 136 Å². The second kappa shape index (κ2) is 5.87. The van der Waals surface area contributed by atoms with Crippen LogP contribution in [0.4, 0.5) is 0 Å². The van der Waals surface area contributed by atoms with Crippen LogP contribution in [-0.4, -0.2) is 71.8 Å². The van der Waals surface area contributed by atoms with Gasteiger partial charge in [-0.05, 0) is 32.0 Å². The zero-order chi connectivity index (χ0) is 15.1. The lowest BCUT2D eigenvalue weighted by molar-refractivity contribution is 0.0637. The molecule has 4 nitrogen and oxygen atoms in total. The van der Waals surface area contributed by atoms with E-state index in [1.54, 1.807) is 0 Å². The van der Waals surface area contributed by atoms with E-state index in [2.05, 4.69) is 33.9 Å². The maximum absolute atomic E-state index is 12.9. The number of carbonyl (C=O) groups excluding carboxylic acids is 1. The number of thioether (sulfide) groups is 1. The highest BCUT2D eigenvalue weighted by atomic mass is 32.2. The van der Waals surface area contributed by atoms with Gasteiger partial charge in [0.05, 0.1) is 17.0 Å². The van der Waals surface area contributed by atoms with Gasteiger partial charge in [-0.15, -0.1) is 11.8 Å². The van der Waals surface area contributed by atoms with E-state index in [-0.39, 0.29) is 5.91 Å². The van der Waals surface area contributed by atoms with Gasteiger partial charge in [0.25, 0.3) is 5.91 Å². The van der Waals surface area contributed by atoms with Gasteiger partial charge in [0.2, 0.25) is 0 Å². The van der Waals surface area contributed by atoms with Crippen LogP contribution in [0, 0.1) is 0 Å². The van der Waals surface area contributed by atoms with Crippen molar-refractivity contribution < 1.29 is 4.79 Å². The fourth-order valence-electron chi connectivity index (χ4n) is 3.84. The Balaban J connectivity index is 1.67. The van der Waals surface area contributed by atoms with Crippen LogP contribution in [0.25, 0.3) is 0 Å². The molecule has 0 aliphatic carbocycles. The molecule has 3 aliphatic heterocycles. The van der Waals surface area contributed by atoms with Gasteiger partial charge in [-0.3, -0.25) is 9.69 Å². The van der Waals surface area contributed by atoms with E-state index in [0.717, 1.165) is 56.0 Å². The first kappa shape index (κ1) is 14.5. The number of likely N-dealkylation sites (N-methyl/N-ethyl adjacent to an activating group) is 1. The maximum Gasteiger partial charge on any atom is 0.255 e. The van der Waals surface area contributed by atoms with Crippen molar-refractivity contribution in [1.82, 2.24) is 14.7 Å². The fourth-order valence-corrected chi connectivity index (χ4v) is 5.34. The molecule has 4 rings (SSSR count). The van der Waals surface area contributed by atoms with Gasteiger partial charge in [0.15, 0.2) is 0 Å². The lowest BCUT2D eigenvalue weighted by Gasteiger charge is -2.41. The third kappa shape index (κ3) is 2.45. The SMILES string of the molecule is CN1CCN([C@@H]2Sc3ccccc3C(=O)N3CCC[C@H]23)CC1. The van der Waals surface area contributed by atoms with E-state index in [0.29, 0.717) is 11.4 Å². The summed E-state index contributed by atoms with van der Waals surface area (Å²) in [6, 6.07) is 8.51. The summed E-state index contributed by atoms with van der Waals surface area (Å²) in [6.45, 7) is 5.38. The van der Waals surface area contributed by atoms with Crippen molar-refractivity contribution in [2.75, 3.05) is 39.8 Å². The fraction of sp³-hybridized carbons (Fsp3) is 0.588. The standard InChI is InChI=1S/C17H23N3OS/c1-18-9-11-19(12-10-18)17-14-6-4-8-20(14)16(21)13-5-2-3-7-15(13)22-17/h2-3,5,7,14,17H,4,6,8-12H2,1H3/t14-,17-/m1/s1. The molecule has 3 aliphatic rings. The molecular formula is C17H23N3OS. The molecule has 1 aromatic rings. The van der Waals surface area contributed by atoms with Gasteiger partial charge >= 0.3 is 0 Å². The first-order valence-corrected chi connectivity index (χ1v) is 9.11. The highest BCUT2D eigenvalue weighted by molar-refractivity contribution is 8.00. The zero-order valence-corrected chi connectivity index (χ0v) is 13.9. The molecule has 0 N–H and O–H groups in total. The number of benzene rings is 1. The first-order chi connectivity index (χ1) is 10.7. The summed E-state index contributed by atoms with van der Waals surface area (Å²) >= 11 is 1.91. The number of nitrogens with zero attached hydrogens (tertiary/aromatic N) is 3. The van der Waals surface area contributed by atoms with Crippen LogP contribution in [0.1, 0.15) is 23.2 Å². The van der Waals surface area contributed by atoms with Gasteiger partial charge in [0.1, 0.15) is 0 Å². The van der Waals surface area contributed by atoms with E-state index in [1.807, 2.05) is 23.9 Å². The summed E-state index contributed by atoms with van der Waals surface area (Å²) < 4.78 is 0. The van der Waals surface area contributed by atoms with E-state index in [9.17, 15) is 4.79 Å². The van der Waals surface area contributed by atoms with E-state index in [1.165, 1.54) is 0 Å². The molecular weight excluding hydrogens is 294 g/mol. The molecule has 0 spiro atoms. The maximum atomic E-state index is 12.9. The largest absolute Gasteiger partial charge is 0.333 e. The van der Waals surface area contributed by atoms with Crippen LogP contribution in [-0.2, 0) is 0 Å². The zero-order valence-electron chi connectivity index (χ0n) is 13.1. The minimum atomic E-state index is 0.238. The van der Waals surface area contributed by atoms with Gasteiger partial charge < -0.3 is 9.80 Å². The monoisotopic (exact) mass is 317 g/mol. The molecule has 2 saturated heterocycles. The van der Waals surface area contributed by atoms with E-state index < -0.39 is 0 Å². The lowest BCUT2D eigenvalue weighted by atomic mass is 10.1. The minimum Gasteiger partial charge on any atom is -0.333 e. The number of hydrogen-bond donors (Lipinski definition) is 0. The molecule has 22 heavy (non-hydrogen) atoms. The van der Waals surface area contributed by atoms with Crippen molar-refractivity contribution in [2.24, 2.45) is 0 Å². The minimum absolute atomic E-state index is 0.238. The molecule has 118 valence electrons. The molecule has 5 heteroatoms. The summed E-state index contributed by atoms with van der Waals surface area (Å²) in [5.41, 5.74) is 0.899. The smallest absolute Gasteiger partial charge is 0.255 e. The molecule has 0 unspecified atom stereocenters. The Morgan fingerprint density at radius 1 is 1.09 bits per heavy atom. The predicted octanol–water partition coefficient (Wildman–Crippen LogP) is 1.97. The highest BCUT2D eigenvalue weighted by Gasteiger charge is 2.42. The van der Waals surface area contributed by atoms with Crippen LogP contribution < -0.4 is 0 Å². The normalized spacial score (nSPS) is 30.0. The van der Waals surface area contributed by atoms with Crippen molar-refractivity contribution in [3.8, 4) is 0 Å². The Kier molecular flexibility index (Phi) is 3.88. The molecule has 0 aromatic heterocycles. The third-order valence-electron chi connectivity index (χ3n) is 5.15. The van der Waals surface area contributed by atoms with E-state index in [4.69, 9.17) is 0 Å². The van der Waals surface area contributed by atoms with Crippen LogP contribution in [0.15, 0.2) is 29.2 Å². The predicted molar refractivity (Wildman–Crippen MR) is 89.2 cm³/mol. The van der Waals surface area contributed by atoms with E-state index >= 15 is 0 Å². The molecule has 0 bridgehead atoms. The van der Waals surface area contributed by atoms with Crippen LogP contribution in [0.3, 0.4) is 0 Å². The lowest BCUT2D eigenvalue weighted by Crippen LogP contribution is -2.54. The highest BCUT2D eigenvalue weighted by Crippen LogP contribution is 2.40. The first-order valence-electron chi connectivity index (χ1n) is 8.23. The summed E-state index contributed by atoms with van der Waals surface area (Å²) in [5.74, 6) is 0.238. The van der Waals surface area contributed by atoms with Gasteiger partial charge in [-0.25, -0.2) is 0 Å². The second-order valence-electron chi connectivity index (χ2n) is 6.55. The molecule has 2 atom stereocenters. The second-order valence-corrected chi connectivity index (χ2v) is 7.71. The third-order valence-corrected chi connectivity index (χ3v) is 6.62. The number of carbonyl (C=O) groups is 1. The molecule has 1 amide bonds. The number of amides is 1. The van der Waals surface area contributed by atoms with Crippen LogP contribution in [0.5, 0.6) is 0 Å². The Bertz CT molecular complexity index is 571. The van der Waals surface area contributed by atoms with Crippen LogP contribution >= 0.6 is 11.8 Å². The summed E-state index contributed by atoms with van der Waals surface area (Å²) in [5, 5.41) is 0.406. The Hall–Kier alpha value is -1.04. The van der Waals surface area contributed by atoms with Crippen molar-refractivity contribution in [1.29, 1.82) is 0 Å². The molecule has 1 aromatic carbocycles. The molecule has 0 radical (unpaired) electrons.